The molecular formula is C17H19N5. The third kappa shape index (κ3) is 4.56. The van der Waals surface area contributed by atoms with Crippen LogP contribution in [0.3, 0.4) is 0 Å². The molecule has 0 radical (unpaired) electrons. The molecule has 0 aliphatic rings. The Hall–Kier alpha value is -2.95. The lowest BCUT2D eigenvalue weighted by atomic mass is 10.1. The summed E-state index contributed by atoms with van der Waals surface area (Å²) in [4.78, 5) is 0. The maximum Gasteiger partial charge on any atom is 0.234 e. The number of hydrogen-bond donors (Lipinski definition) is 2. The SMILES string of the molecule is C/C(=N/N=C(/N)N/N=C(/C)c1ccccc1)c1ccccc1. The molecule has 0 atom stereocenters. The Kier molecular flexibility index (Phi) is 5.43. The Morgan fingerprint density at radius 1 is 0.773 bits per heavy atom. The number of nitrogens with one attached hydrogen (secondary N) is 1. The molecular weight excluding hydrogens is 274 g/mol. The summed E-state index contributed by atoms with van der Waals surface area (Å²) < 4.78 is 0. The first kappa shape index (κ1) is 15.4. The van der Waals surface area contributed by atoms with E-state index in [1.165, 1.54) is 0 Å². The summed E-state index contributed by atoms with van der Waals surface area (Å²) in [5, 5.41) is 12.2. The zero-order valence-corrected chi connectivity index (χ0v) is 12.7. The van der Waals surface area contributed by atoms with Crippen molar-refractivity contribution in [3.8, 4) is 0 Å². The van der Waals surface area contributed by atoms with Crippen LogP contribution in [-0.2, 0) is 0 Å². The number of hydrazone groups is 1. The quantitative estimate of drug-likeness (QED) is 0.516. The van der Waals surface area contributed by atoms with Gasteiger partial charge in [-0.3, -0.25) is 0 Å². The Bertz CT molecular complexity index is 688. The van der Waals surface area contributed by atoms with E-state index >= 15 is 0 Å². The van der Waals surface area contributed by atoms with Crippen molar-refractivity contribution in [2.24, 2.45) is 21.0 Å². The lowest BCUT2D eigenvalue weighted by molar-refractivity contribution is 0.983. The molecule has 0 aliphatic heterocycles. The summed E-state index contributed by atoms with van der Waals surface area (Å²) in [6.45, 7) is 3.78. The van der Waals surface area contributed by atoms with Crippen molar-refractivity contribution in [1.29, 1.82) is 0 Å². The minimum absolute atomic E-state index is 0.144. The molecule has 0 saturated carbocycles. The number of hydrogen-bond acceptors (Lipinski definition) is 3. The second-order valence-corrected chi connectivity index (χ2v) is 4.71. The predicted molar refractivity (Wildman–Crippen MR) is 92.1 cm³/mol. The van der Waals surface area contributed by atoms with Gasteiger partial charge in [0.25, 0.3) is 0 Å². The van der Waals surface area contributed by atoms with Crippen LogP contribution in [-0.4, -0.2) is 17.4 Å². The molecule has 0 unspecified atom stereocenters. The number of rotatable bonds is 4. The van der Waals surface area contributed by atoms with Gasteiger partial charge in [-0.1, -0.05) is 60.7 Å². The normalized spacial score (nSPS) is 13.1. The van der Waals surface area contributed by atoms with Gasteiger partial charge in [0.05, 0.1) is 11.4 Å². The first-order valence-corrected chi connectivity index (χ1v) is 6.95. The van der Waals surface area contributed by atoms with Gasteiger partial charge in [-0.15, -0.1) is 5.10 Å². The monoisotopic (exact) mass is 293 g/mol. The minimum Gasteiger partial charge on any atom is -0.367 e. The van der Waals surface area contributed by atoms with Gasteiger partial charge in [-0.2, -0.15) is 10.2 Å². The predicted octanol–water partition coefficient (Wildman–Crippen LogP) is 2.74. The highest BCUT2D eigenvalue weighted by Gasteiger charge is 1.97. The Balaban J connectivity index is 2.01. The molecule has 2 rings (SSSR count). The van der Waals surface area contributed by atoms with Crippen molar-refractivity contribution in [3.63, 3.8) is 0 Å². The number of guanidine groups is 1. The molecule has 2 aromatic rings. The van der Waals surface area contributed by atoms with E-state index in [0.29, 0.717) is 0 Å². The molecule has 0 saturated heterocycles. The number of benzene rings is 2. The zero-order valence-electron chi connectivity index (χ0n) is 12.7. The van der Waals surface area contributed by atoms with Crippen LogP contribution in [0.5, 0.6) is 0 Å². The molecule has 0 spiro atoms. The molecule has 0 amide bonds. The van der Waals surface area contributed by atoms with Crippen LogP contribution < -0.4 is 11.2 Å². The molecule has 0 fully saturated rings. The zero-order chi connectivity index (χ0) is 15.8. The van der Waals surface area contributed by atoms with Crippen molar-refractivity contribution in [1.82, 2.24) is 5.43 Å². The van der Waals surface area contributed by atoms with Gasteiger partial charge in [0.15, 0.2) is 0 Å². The lowest BCUT2D eigenvalue weighted by Gasteiger charge is -2.02. The molecule has 0 aliphatic carbocycles. The van der Waals surface area contributed by atoms with Crippen LogP contribution in [0.1, 0.15) is 25.0 Å². The highest BCUT2D eigenvalue weighted by atomic mass is 15.4. The van der Waals surface area contributed by atoms with Crippen LogP contribution in [0.4, 0.5) is 0 Å². The fraction of sp³-hybridized carbons (Fsp3) is 0.118. The molecule has 5 nitrogen and oxygen atoms in total. The lowest BCUT2D eigenvalue weighted by Crippen LogP contribution is -2.27. The summed E-state index contributed by atoms with van der Waals surface area (Å²) in [5.74, 6) is 0.144. The molecule has 0 aromatic heterocycles. The van der Waals surface area contributed by atoms with Gasteiger partial charge in [0, 0.05) is 0 Å². The fourth-order valence-corrected chi connectivity index (χ4v) is 1.77. The van der Waals surface area contributed by atoms with Crippen LogP contribution >= 0.6 is 0 Å². The van der Waals surface area contributed by atoms with Crippen molar-refractivity contribution in [3.05, 3.63) is 71.8 Å². The van der Waals surface area contributed by atoms with E-state index < -0.39 is 0 Å². The average molecular weight is 293 g/mol. The van der Waals surface area contributed by atoms with E-state index in [4.69, 9.17) is 5.73 Å². The smallest absolute Gasteiger partial charge is 0.234 e. The highest BCUT2D eigenvalue weighted by molar-refractivity contribution is 6.00. The molecule has 3 N–H and O–H groups in total. The number of nitrogens with two attached hydrogens (primary N) is 1. The minimum atomic E-state index is 0.144. The first-order valence-electron chi connectivity index (χ1n) is 6.95. The van der Waals surface area contributed by atoms with Crippen LogP contribution in [0.15, 0.2) is 76.0 Å². The summed E-state index contributed by atoms with van der Waals surface area (Å²) in [5.41, 5.74) is 12.1. The largest absolute Gasteiger partial charge is 0.367 e. The summed E-state index contributed by atoms with van der Waals surface area (Å²) in [7, 11) is 0. The van der Waals surface area contributed by atoms with E-state index in [0.717, 1.165) is 22.6 Å². The van der Waals surface area contributed by atoms with E-state index in [9.17, 15) is 0 Å². The van der Waals surface area contributed by atoms with Gasteiger partial charge in [-0.05, 0) is 25.0 Å². The second-order valence-electron chi connectivity index (χ2n) is 4.71. The van der Waals surface area contributed by atoms with Gasteiger partial charge in [0.2, 0.25) is 5.96 Å². The van der Waals surface area contributed by atoms with Crippen LogP contribution in [0.2, 0.25) is 0 Å². The third-order valence-corrected chi connectivity index (χ3v) is 3.03. The van der Waals surface area contributed by atoms with E-state index in [2.05, 4.69) is 20.7 Å². The van der Waals surface area contributed by atoms with Gasteiger partial charge >= 0.3 is 0 Å². The van der Waals surface area contributed by atoms with Gasteiger partial charge in [0.1, 0.15) is 0 Å². The molecule has 2 aromatic carbocycles. The highest BCUT2D eigenvalue weighted by Crippen LogP contribution is 2.01. The van der Waals surface area contributed by atoms with Crippen molar-refractivity contribution < 1.29 is 0 Å². The molecule has 22 heavy (non-hydrogen) atoms. The average Bonchev–Trinajstić information content (AvgIpc) is 2.59. The maximum atomic E-state index is 5.75. The van der Waals surface area contributed by atoms with E-state index in [1.54, 1.807) is 0 Å². The maximum absolute atomic E-state index is 5.75. The van der Waals surface area contributed by atoms with E-state index in [1.807, 2.05) is 74.5 Å². The van der Waals surface area contributed by atoms with Crippen molar-refractivity contribution in [2.45, 2.75) is 13.8 Å². The Morgan fingerprint density at radius 2 is 1.27 bits per heavy atom. The first-order chi connectivity index (χ1) is 10.7. The van der Waals surface area contributed by atoms with E-state index in [-0.39, 0.29) is 5.96 Å². The van der Waals surface area contributed by atoms with Gasteiger partial charge < -0.3 is 5.73 Å². The Labute approximate surface area is 130 Å². The number of nitrogens with zero attached hydrogens (tertiary/aromatic N) is 3. The Morgan fingerprint density at radius 3 is 1.82 bits per heavy atom. The second kappa shape index (κ2) is 7.73. The molecule has 0 bridgehead atoms. The van der Waals surface area contributed by atoms with Crippen molar-refractivity contribution in [2.75, 3.05) is 0 Å². The summed E-state index contributed by atoms with van der Waals surface area (Å²) >= 11 is 0. The molecule has 0 heterocycles. The van der Waals surface area contributed by atoms with Crippen molar-refractivity contribution >= 4 is 17.4 Å². The fourth-order valence-electron chi connectivity index (χ4n) is 1.77. The molecule has 5 heteroatoms. The topological polar surface area (TPSA) is 75.1 Å². The summed E-state index contributed by atoms with van der Waals surface area (Å²) in [6, 6.07) is 19.6. The van der Waals surface area contributed by atoms with Crippen LogP contribution in [0.25, 0.3) is 0 Å². The molecule has 112 valence electrons. The standard InChI is InChI=1S/C17H19N5/c1-13(15-9-5-3-6-10-15)19-21-17(18)22-20-14(2)16-11-7-4-8-12-16/h3-12H,1-2H3,(H3,18,21,22)/b19-13-,20-14-. The third-order valence-electron chi connectivity index (χ3n) is 3.03. The summed E-state index contributed by atoms with van der Waals surface area (Å²) in [6.07, 6.45) is 0. The van der Waals surface area contributed by atoms with Crippen LogP contribution in [0, 0.1) is 0 Å². The van der Waals surface area contributed by atoms with Gasteiger partial charge in [-0.25, -0.2) is 5.43 Å².